The molecular weight excluding hydrogens is 240 g/mol. The Labute approximate surface area is 112 Å². The summed E-state index contributed by atoms with van der Waals surface area (Å²) in [4.78, 5) is 14.0. The predicted molar refractivity (Wildman–Crippen MR) is 73.9 cm³/mol. The number of amides is 1. The molecule has 1 heterocycles. The highest BCUT2D eigenvalue weighted by molar-refractivity contribution is 5.95. The van der Waals surface area contributed by atoms with E-state index in [9.17, 15) is 4.79 Å². The molecule has 0 radical (unpaired) electrons. The number of fused-ring (bicyclic) bond motifs is 1. The molecule has 0 atom stereocenters. The summed E-state index contributed by atoms with van der Waals surface area (Å²) in [6.07, 6.45) is 2.02. The fourth-order valence-electron chi connectivity index (χ4n) is 2.68. The van der Waals surface area contributed by atoms with Gasteiger partial charge in [-0.1, -0.05) is 18.2 Å². The first kappa shape index (κ1) is 12.2. The lowest BCUT2D eigenvalue weighted by Crippen LogP contribution is -2.43. The number of carbonyl (C=O) groups excluding carboxylic acids is 1. The highest BCUT2D eigenvalue weighted by Crippen LogP contribution is 2.27. The zero-order valence-corrected chi connectivity index (χ0v) is 11.0. The van der Waals surface area contributed by atoms with Gasteiger partial charge in [-0.05, 0) is 30.9 Å². The van der Waals surface area contributed by atoms with E-state index in [4.69, 9.17) is 10.2 Å². The smallest absolute Gasteiger partial charge is 0.289 e. The number of hydrogen-bond donors (Lipinski definition) is 1. The zero-order chi connectivity index (χ0) is 13.4. The Bertz CT molecular complexity index is 566. The largest absolute Gasteiger partial charge is 0.451 e. The molecule has 3 rings (SSSR count). The van der Waals surface area contributed by atoms with Gasteiger partial charge >= 0.3 is 0 Å². The van der Waals surface area contributed by atoms with Crippen LogP contribution in [0.2, 0.25) is 0 Å². The number of nitrogens with zero attached hydrogens (tertiary/aromatic N) is 1. The number of nitrogens with two attached hydrogens (primary N) is 1. The van der Waals surface area contributed by atoms with Crippen LogP contribution in [0.15, 0.2) is 34.7 Å². The Balaban J connectivity index is 1.71. The van der Waals surface area contributed by atoms with Gasteiger partial charge in [0.1, 0.15) is 5.58 Å². The second-order valence-electron chi connectivity index (χ2n) is 5.43. The van der Waals surface area contributed by atoms with Gasteiger partial charge in [0, 0.05) is 25.0 Å². The van der Waals surface area contributed by atoms with Crippen molar-refractivity contribution >= 4 is 16.9 Å². The van der Waals surface area contributed by atoms with E-state index in [1.54, 1.807) is 11.0 Å². The molecule has 1 amide bonds. The van der Waals surface area contributed by atoms with E-state index < -0.39 is 0 Å². The maximum Gasteiger partial charge on any atom is 0.289 e. The van der Waals surface area contributed by atoms with E-state index in [2.05, 4.69) is 0 Å². The zero-order valence-electron chi connectivity index (χ0n) is 11.0. The number of furan rings is 1. The lowest BCUT2D eigenvalue weighted by atomic mass is 9.80. The van der Waals surface area contributed by atoms with Gasteiger partial charge in [0.2, 0.25) is 0 Å². The molecule has 0 aliphatic heterocycles. The second-order valence-corrected chi connectivity index (χ2v) is 5.43. The maximum atomic E-state index is 12.3. The summed E-state index contributed by atoms with van der Waals surface area (Å²) in [5.74, 6) is 0.886. The molecule has 4 nitrogen and oxygen atoms in total. The molecule has 2 aromatic rings. The fraction of sp³-hybridized carbons (Fsp3) is 0.400. The van der Waals surface area contributed by atoms with Crippen molar-refractivity contribution in [2.75, 3.05) is 13.6 Å². The van der Waals surface area contributed by atoms with Crippen LogP contribution in [0.5, 0.6) is 0 Å². The summed E-state index contributed by atoms with van der Waals surface area (Å²) in [6, 6.07) is 9.78. The molecule has 2 N–H and O–H groups in total. The van der Waals surface area contributed by atoms with Crippen molar-refractivity contribution < 1.29 is 9.21 Å². The highest BCUT2D eigenvalue weighted by atomic mass is 16.3. The van der Waals surface area contributed by atoms with E-state index >= 15 is 0 Å². The lowest BCUT2D eigenvalue weighted by molar-refractivity contribution is 0.0705. The van der Waals surface area contributed by atoms with E-state index in [1.807, 2.05) is 31.3 Å². The summed E-state index contributed by atoms with van der Waals surface area (Å²) in [5.41, 5.74) is 6.52. The van der Waals surface area contributed by atoms with Crippen LogP contribution in [-0.2, 0) is 0 Å². The maximum absolute atomic E-state index is 12.3. The second kappa shape index (κ2) is 4.70. The van der Waals surface area contributed by atoms with Crippen molar-refractivity contribution in [3.8, 4) is 0 Å². The SMILES string of the molecule is CN(CC1CC(N)C1)C(=O)c1cc2ccccc2o1. The van der Waals surface area contributed by atoms with Gasteiger partial charge < -0.3 is 15.1 Å². The van der Waals surface area contributed by atoms with Crippen molar-refractivity contribution in [2.24, 2.45) is 11.7 Å². The topological polar surface area (TPSA) is 59.5 Å². The number of carbonyl (C=O) groups is 1. The standard InChI is InChI=1S/C15H18N2O2/c1-17(9-10-6-12(16)7-10)15(18)14-8-11-4-2-3-5-13(11)19-14/h2-5,8,10,12H,6-7,9,16H2,1H3. The van der Waals surface area contributed by atoms with Gasteiger partial charge in [-0.2, -0.15) is 0 Å². The van der Waals surface area contributed by atoms with Crippen LogP contribution in [0.1, 0.15) is 23.4 Å². The van der Waals surface area contributed by atoms with Gasteiger partial charge in [0.25, 0.3) is 5.91 Å². The van der Waals surface area contributed by atoms with Crippen LogP contribution in [0.3, 0.4) is 0 Å². The molecule has 1 saturated carbocycles. The average Bonchev–Trinajstić information content (AvgIpc) is 2.79. The van der Waals surface area contributed by atoms with Crippen LogP contribution in [-0.4, -0.2) is 30.4 Å². The first-order chi connectivity index (χ1) is 9.13. The minimum Gasteiger partial charge on any atom is -0.451 e. The van der Waals surface area contributed by atoms with Crippen molar-refractivity contribution in [3.63, 3.8) is 0 Å². The Hall–Kier alpha value is -1.81. The first-order valence-corrected chi connectivity index (χ1v) is 6.63. The van der Waals surface area contributed by atoms with Crippen LogP contribution >= 0.6 is 0 Å². The summed E-state index contributed by atoms with van der Waals surface area (Å²) in [5, 5.41) is 0.963. The Morgan fingerprint density at radius 2 is 2.16 bits per heavy atom. The minimum atomic E-state index is -0.0586. The van der Waals surface area contributed by atoms with E-state index in [0.29, 0.717) is 17.7 Å². The predicted octanol–water partition coefficient (Wildman–Crippen LogP) is 2.24. The monoisotopic (exact) mass is 258 g/mol. The molecule has 100 valence electrons. The lowest BCUT2D eigenvalue weighted by Gasteiger charge is -2.35. The van der Waals surface area contributed by atoms with Crippen LogP contribution in [0.4, 0.5) is 0 Å². The van der Waals surface area contributed by atoms with Gasteiger partial charge in [-0.15, -0.1) is 0 Å². The van der Waals surface area contributed by atoms with Gasteiger partial charge in [0.05, 0.1) is 0 Å². The van der Waals surface area contributed by atoms with E-state index in [-0.39, 0.29) is 5.91 Å². The fourth-order valence-corrected chi connectivity index (χ4v) is 2.68. The van der Waals surface area contributed by atoms with Gasteiger partial charge in [0.15, 0.2) is 5.76 Å². The van der Waals surface area contributed by atoms with Gasteiger partial charge in [-0.3, -0.25) is 4.79 Å². The van der Waals surface area contributed by atoms with Crippen LogP contribution < -0.4 is 5.73 Å². The molecule has 0 unspecified atom stereocenters. The summed E-state index contributed by atoms with van der Waals surface area (Å²) >= 11 is 0. The van der Waals surface area contributed by atoms with Crippen molar-refractivity contribution in [1.82, 2.24) is 4.90 Å². The average molecular weight is 258 g/mol. The third-order valence-corrected chi connectivity index (χ3v) is 3.79. The quantitative estimate of drug-likeness (QED) is 0.918. The van der Waals surface area contributed by atoms with Crippen molar-refractivity contribution in [3.05, 3.63) is 36.1 Å². The third-order valence-electron chi connectivity index (χ3n) is 3.79. The number of rotatable bonds is 3. The third kappa shape index (κ3) is 2.36. The van der Waals surface area contributed by atoms with Gasteiger partial charge in [-0.25, -0.2) is 0 Å². The molecular formula is C15H18N2O2. The van der Waals surface area contributed by atoms with Crippen molar-refractivity contribution in [2.45, 2.75) is 18.9 Å². The molecule has 0 bridgehead atoms. The molecule has 0 spiro atoms. The van der Waals surface area contributed by atoms with Crippen molar-refractivity contribution in [1.29, 1.82) is 0 Å². The summed E-state index contributed by atoms with van der Waals surface area (Å²) in [6.45, 7) is 0.754. The normalized spacial score (nSPS) is 22.2. The van der Waals surface area contributed by atoms with Crippen LogP contribution in [0.25, 0.3) is 11.0 Å². The molecule has 1 aromatic carbocycles. The Kier molecular flexibility index (Phi) is 3.03. The van der Waals surface area contributed by atoms with E-state index in [0.717, 1.165) is 30.4 Å². The number of hydrogen-bond acceptors (Lipinski definition) is 3. The van der Waals surface area contributed by atoms with Crippen LogP contribution in [0, 0.1) is 5.92 Å². The number of para-hydroxylation sites is 1. The first-order valence-electron chi connectivity index (χ1n) is 6.63. The number of benzene rings is 1. The Morgan fingerprint density at radius 1 is 1.42 bits per heavy atom. The molecule has 1 fully saturated rings. The molecule has 4 heteroatoms. The summed E-state index contributed by atoms with van der Waals surface area (Å²) < 4.78 is 5.59. The summed E-state index contributed by atoms with van der Waals surface area (Å²) in [7, 11) is 1.82. The molecule has 1 aliphatic carbocycles. The minimum absolute atomic E-state index is 0.0586. The molecule has 1 aromatic heterocycles. The Morgan fingerprint density at radius 3 is 2.84 bits per heavy atom. The molecule has 19 heavy (non-hydrogen) atoms. The highest BCUT2D eigenvalue weighted by Gasteiger charge is 2.28. The molecule has 1 aliphatic rings. The van der Waals surface area contributed by atoms with E-state index in [1.165, 1.54) is 0 Å². The molecule has 0 saturated heterocycles.